The zero-order chi connectivity index (χ0) is 30.8. The van der Waals surface area contributed by atoms with Crippen molar-refractivity contribution in [2.45, 2.75) is 194 Å². The maximum atomic E-state index is 12.0. The van der Waals surface area contributed by atoms with Crippen LogP contribution in [-0.2, 0) is 9.59 Å². The lowest BCUT2D eigenvalue weighted by Gasteiger charge is -2.06. The summed E-state index contributed by atoms with van der Waals surface area (Å²) in [5, 5.41) is 4.58. The van der Waals surface area contributed by atoms with Crippen molar-refractivity contribution in [2.75, 3.05) is 0 Å². The highest BCUT2D eigenvalue weighted by atomic mass is 16.2. The van der Waals surface area contributed by atoms with Crippen LogP contribution >= 0.6 is 0 Å². The molecule has 0 unspecified atom stereocenters. The fourth-order valence-corrected chi connectivity index (χ4v) is 5.12. The highest BCUT2D eigenvalue weighted by Crippen LogP contribution is 2.11. The average Bonchev–Trinajstić information content (AvgIpc) is 2.97. The van der Waals surface area contributed by atoms with Gasteiger partial charge in [0.15, 0.2) is 0 Å². The van der Waals surface area contributed by atoms with E-state index >= 15 is 0 Å². The molecule has 5 nitrogen and oxygen atoms in total. The highest BCUT2D eigenvalue weighted by molar-refractivity contribution is 6.01. The third-order valence-corrected chi connectivity index (χ3v) is 7.84. The summed E-state index contributed by atoms with van der Waals surface area (Å²) in [5.41, 5.74) is 0. The predicted molar refractivity (Wildman–Crippen MR) is 181 cm³/mol. The van der Waals surface area contributed by atoms with E-state index in [4.69, 9.17) is 0 Å². The van der Waals surface area contributed by atoms with Gasteiger partial charge in [0.25, 0.3) is 0 Å². The first kappa shape index (κ1) is 40.1. The van der Waals surface area contributed by atoms with Crippen LogP contribution in [0.25, 0.3) is 0 Å². The Labute approximate surface area is 260 Å². The monoisotopic (exact) mass is 589 g/mol. The molecule has 0 atom stereocenters. The molecular weight excluding hydrogens is 520 g/mol. The lowest BCUT2D eigenvalue weighted by atomic mass is 10.1. The van der Waals surface area contributed by atoms with Gasteiger partial charge in [-0.25, -0.2) is 4.79 Å². The number of carbonyl (C=O) groups is 3. The summed E-state index contributed by atoms with van der Waals surface area (Å²) in [5.74, 6) is -0.613. The molecule has 0 bridgehead atoms. The SMILES string of the molecule is CCCCCCCC/C=C\CCCCCCCC(=O)NC(=O)NC(=O)CCCCCCC/C=C\CCCCCCCC. The van der Waals surface area contributed by atoms with Crippen LogP contribution in [0.2, 0.25) is 0 Å². The molecular formula is C37H68N2O3. The van der Waals surface area contributed by atoms with E-state index in [0.717, 1.165) is 51.4 Å². The van der Waals surface area contributed by atoms with Crippen molar-refractivity contribution < 1.29 is 14.4 Å². The molecule has 2 N–H and O–H groups in total. The molecule has 4 amide bonds. The molecule has 0 aliphatic rings. The fraction of sp³-hybridized carbons (Fsp3) is 0.811. The number of allylic oxidation sites excluding steroid dienone is 4. The Hall–Kier alpha value is -1.91. The zero-order valence-corrected chi connectivity index (χ0v) is 27.8. The minimum atomic E-state index is -0.689. The Bertz CT molecular complexity index is 630. The number of carbonyl (C=O) groups excluding carboxylic acids is 3. The van der Waals surface area contributed by atoms with E-state index in [1.807, 2.05) is 0 Å². The molecule has 0 saturated heterocycles. The summed E-state index contributed by atoms with van der Waals surface area (Å²) in [7, 11) is 0. The van der Waals surface area contributed by atoms with E-state index < -0.39 is 6.03 Å². The minimum absolute atomic E-state index is 0.307. The van der Waals surface area contributed by atoms with Gasteiger partial charge in [-0.3, -0.25) is 20.2 Å². The standard InChI is InChI=1S/C37H68N2O3/c1-3-5-7-9-11-13-15-17-19-21-23-25-27-29-31-33-35(40)38-37(42)39-36(41)34-32-30-28-26-24-22-20-18-16-14-12-10-8-6-4-2/h17-20H,3-16,21-34H2,1-2H3,(H2,38,39,40,41,42)/b19-17-,20-18-. The normalized spacial score (nSPS) is 11.5. The summed E-state index contributed by atoms with van der Waals surface area (Å²) in [6.07, 6.45) is 41.3. The van der Waals surface area contributed by atoms with Gasteiger partial charge in [-0.2, -0.15) is 0 Å². The van der Waals surface area contributed by atoms with Crippen LogP contribution in [0.1, 0.15) is 194 Å². The Morgan fingerprint density at radius 1 is 0.381 bits per heavy atom. The summed E-state index contributed by atoms with van der Waals surface area (Å²) in [4.78, 5) is 35.9. The van der Waals surface area contributed by atoms with Gasteiger partial charge in [0.1, 0.15) is 0 Å². The molecule has 0 spiro atoms. The molecule has 5 heteroatoms. The first-order valence-corrected chi connectivity index (χ1v) is 18.0. The van der Waals surface area contributed by atoms with Gasteiger partial charge in [-0.05, 0) is 64.2 Å². The third-order valence-electron chi connectivity index (χ3n) is 7.84. The number of urea groups is 1. The molecule has 42 heavy (non-hydrogen) atoms. The van der Waals surface area contributed by atoms with E-state index in [1.54, 1.807) is 0 Å². The van der Waals surface area contributed by atoms with Crippen LogP contribution in [0, 0.1) is 0 Å². The van der Waals surface area contributed by atoms with Crippen molar-refractivity contribution in [2.24, 2.45) is 0 Å². The van der Waals surface area contributed by atoms with Gasteiger partial charge in [0.2, 0.25) is 11.8 Å². The number of unbranched alkanes of at least 4 members (excludes halogenated alkanes) is 22. The lowest BCUT2D eigenvalue weighted by molar-refractivity contribution is -0.120. The maximum absolute atomic E-state index is 12.0. The molecule has 0 fully saturated rings. The molecule has 0 aromatic heterocycles. The van der Waals surface area contributed by atoms with Gasteiger partial charge in [0, 0.05) is 12.8 Å². The maximum Gasteiger partial charge on any atom is 0.328 e. The molecule has 0 aromatic rings. The molecule has 0 aliphatic heterocycles. The number of hydrogen-bond donors (Lipinski definition) is 2. The lowest BCUT2D eigenvalue weighted by Crippen LogP contribution is -2.42. The van der Waals surface area contributed by atoms with Gasteiger partial charge in [-0.1, -0.05) is 141 Å². The molecule has 0 rings (SSSR count). The number of amides is 4. The van der Waals surface area contributed by atoms with E-state index in [1.165, 1.54) is 116 Å². The van der Waals surface area contributed by atoms with Crippen molar-refractivity contribution in [3.8, 4) is 0 Å². The second-order valence-electron chi connectivity index (χ2n) is 12.1. The van der Waals surface area contributed by atoms with E-state index in [-0.39, 0.29) is 11.8 Å². The first-order chi connectivity index (χ1) is 20.6. The Kier molecular flexibility index (Phi) is 32.1. The first-order valence-electron chi connectivity index (χ1n) is 18.0. The molecule has 0 heterocycles. The third kappa shape index (κ3) is 32.6. The summed E-state index contributed by atoms with van der Waals surface area (Å²) < 4.78 is 0. The second-order valence-corrected chi connectivity index (χ2v) is 12.1. The van der Waals surface area contributed by atoms with Gasteiger partial charge in [-0.15, -0.1) is 0 Å². The van der Waals surface area contributed by atoms with Gasteiger partial charge in [0.05, 0.1) is 0 Å². The Morgan fingerprint density at radius 3 is 0.952 bits per heavy atom. The van der Waals surface area contributed by atoms with Crippen molar-refractivity contribution in [3.05, 3.63) is 24.3 Å². The largest absolute Gasteiger partial charge is 0.328 e. The Morgan fingerprint density at radius 2 is 0.643 bits per heavy atom. The Balaban J connectivity index is 3.48. The molecule has 0 radical (unpaired) electrons. The number of nitrogens with one attached hydrogen (secondary N) is 2. The van der Waals surface area contributed by atoms with Crippen LogP contribution in [-0.4, -0.2) is 17.8 Å². The fourth-order valence-electron chi connectivity index (χ4n) is 5.12. The predicted octanol–water partition coefficient (Wildman–Crippen LogP) is 11.4. The molecule has 0 saturated carbocycles. The van der Waals surface area contributed by atoms with E-state index in [9.17, 15) is 14.4 Å². The number of hydrogen-bond acceptors (Lipinski definition) is 3. The summed E-state index contributed by atoms with van der Waals surface area (Å²) in [6, 6.07) is -0.689. The van der Waals surface area contributed by atoms with Crippen LogP contribution in [0.5, 0.6) is 0 Å². The van der Waals surface area contributed by atoms with Crippen LogP contribution in [0.15, 0.2) is 24.3 Å². The quantitative estimate of drug-likeness (QED) is 0.0647. The van der Waals surface area contributed by atoms with E-state index in [2.05, 4.69) is 48.8 Å². The molecule has 0 aromatic carbocycles. The van der Waals surface area contributed by atoms with Crippen molar-refractivity contribution in [3.63, 3.8) is 0 Å². The van der Waals surface area contributed by atoms with E-state index in [0.29, 0.717) is 12.8 Å². The van der Waals surface area contributed by atoms with Gasteiger partial charge >= 0.3 is 6.03 Å². The number of imide groups is 2. The summed E-state index contributed by atoms with van der Waals surface area (Å²) >= 11 is 0. The van der Waals surface area contributed by atoms with Crippen molar-refractivity contribution in [1.82, 2.24) is 10.6 Å². The average molecular weight is 589 g/mol. The van der Waals surface area contributed by atoms with Crippen molar-refractivity contribution in [1.29, 1.82) is 0 Å². The molecule has 0 aliphatic carbocycles. The van der Waals surface area contributed by atoms with Crippen LogP contribution in [0.4, 0.5) is 4.79 Å². The molecule has 244 valence electrons. The highest BCUT2D eigenvalue weighted by Gasteiger charge is 2.10. The van der Waals surface area contributed by atoms with Gasteiger partial charge < -0.3 is 0 Å². The number of rotatable bonds is 30. The topological polar surface area (TPSA) is 75.3 Å². The van der Waals surface area contributed by atoms with Crippen molar-refractivity contribution >= 4 is 17.8 Å². The second kappa shape index (κ2) is 33.6. The zero-order valence-electron chi connectivity index (χ0n) is 27.8. The smallest absolute Gasteiger partial charge is 0.278 e. The minimum Gasteiger partial charge on any atom is -0.278 e. The van der Waals surface area contributed by atoms with Crippen LogP contribution < -0.4 is 10.6 Å². The van der Waals surface area contributed by atoms with Crippen LogP contribution in [0.3, 0.4) is 0 Å². The summed E-state index contributed by atoms with van der Waals surface area (Å²) in [6.45, 7) is 4.51.